The second-order valence-electron chi connectivity index (χ2n) is 9.11. The largest absolute Gasteiger partial charge is 0.486 e. The van der Waals surface area contributed by atoms with Crippen LogP contribution in [0.25, 0.3) is 0 Å². The Balaban J connectivity index is 0.000000852. The fourth-order valence-corrected chi connectivity index (χ4v) is 2.36. The van der Waals surface area contributed by atoms with Crippen LogP contribution in [0.2, 0.25) is 0 Å². The average Bonchev–Trinajstić information content (AvgIpc) is 2.81. The second-order valence-corrected chi connectivity index (χ2v) is 9.11. The van der Waals surface area contributed by atoms with Crippen molar-refractivity contribution >= 4 is 18.3 Å². The lowest BCUT2D eigenvalue weighted by Crippen LogP contribution is -2.46. The monoisotopic (exact) mass is 473 g/mol. The van der Waals surface area contributed by atoms with Crippen molar-refractivity contribution in [2.24, 2.45) is 5.92 Å². The van der Waals surface area contributed by atoms with Crippen LogP contribution in [0.3, 0.4) is 0 Å². The van der Waals surface area contributed by atoms with Gasteiger partial charge in [0.2, 0.25) is 18.3 Å². The van der Waals surface area contributed by atoms with Crippen molar-refractivity contribution in [1.29, 1.82) is 0 Å². The molecule has 1 aromatic rings. The maximum absolute atomic E-state index is 11.6. The molecule has 0 aromatic carbocycles. The highest BCUT2D eigenvalue weighted by Crippen LogP contribution is 2.14. The van der Waals surface area contributed by atoms with Crippen molar-refractivity contribution in [3.63, 3.8) is 0 Å². The molecule has 0 saturated carbocycles. The summed E-state index contributed by atoms with van der Waals surface area (Å²) in [5, 5.41) is 2.70. The lowest BCUT2D eigenvalue weighted by Gasteiger charge is -2.32. The van der Waals surface area contributed by atoms with Crippen LogP contribution in [0.1, 0.15) is 34.6 Å². The van der Waals surface area contributed by atoms with E-state index in [4.69, 9.17) is 9.47 Å². The van der Waals surface area contributed by atoms with E-state index in [2.05, 4.69) is 28.4 Å². The zero-order valence-electron chi connectivity index (χ0n) is 21.3. The van der Waals surface area contributed by atoms with Crippen LogP contribution in [-0.2, 0) is 14.3 Å². The first-order valence-electron chi connectivity index (χ1n) is 11.2. The third-order valence-corrected chi connectivity index (χ3v) is 4.73. The standard InChI is InChI=1S/C20H27N5O3.C5H12O/c1-15(2)19(27)23-17(4)6-5-16(3)13-28-18-11-21-20(22-12-18)25-9-7-24(14-26)8-10-25;1-5(2,3)6-4/h5-6,11-12,14-15H,3-4,7-10,13H2,1-2H3,(H,23,27);1-4H3/b6-5-;. The van der Waals surface area contributed by atoms with Gasteiger partial charge in [-0.1, -0.05) is 33.1 Å². The van der Waals surface area contributed by atoms with Gasteiger partial charge in [-0.15, -0.1) is 0 Å². The van der Waals surface area contributed by atoms with Crippen LogP contribution in [-0.4, -0.2) is 72.7 Å². The Bertz CT molecular complexity index is 836. The Morgan fingerprint density at radius 1 is 1.15 bits per heavy atom. The smallest absolute Gasteiger partial charge is 0.226 e. The first-order valence-corrected chi connectivity index (χ1v) is 11.2. The summed E-state index contributed by atoms with van der Waals surface area (Å²) in [4.78, 5) is 34.8. The molecular formula is C25H39N5O4. The number of nitrogens with zero attached hydrogens (tertiary/aromatic N) is 4. The van der Waals surface area contributed by atoms with Crippen LogP contribution in [0.5, 0.6) is 5.75 Å². The van der Waals surface area contributed by atoms with Crippen LogP contribution in [0.4, 0.5) is 5.95 Å². The van der Waals surface area contributed by atoms with Gasteiger partial charge >= 0.3 is 0 Å². The van der Waals surface area contributed by atoms with Gasteiger partial charge in [-0.25, -0.2) is 9.97 Å². The van der Waals surface area contributed by atoms with Crippen molar-refractivity contribution in [3.8, 4) is 5.75 Å². The van der Waals surface area contributed by atoms with E-state index in [0.717, 1.165) is 6.41 Å². The highest BCUT2D eigenvalue weighted by molar-refractivity contribution is 5.80. The molecular weight excluding hydrogens is 434 g/mol. The number of hydrogen-bond donors (Lipinski definition) is 1. The first-order chi connectivity index (χ1) is 15.9. The molecule has 9 heteroatoms. The number of anilines is 1. The van der Waals surface area contributed by atoms with E-state index in [1.165, 1.54) is 0 Å². The van der Waals surface area contributed by atoms with Crippen molar-refractivity contribution in [3.05, 3.63) is 49.0 Å². The number of rotatable bonds is 9. The predicted molar refractivity (Wildman–Crippen MR) is 135 cm³/mol. The van der Waals surface area contributed by atoms with Gasteiger partial charge in [0.1, 0.15) is 6.61 Å². The molecule has 1 N–H and O–H groups in total. The van der Waals surface area contributed by atoms with E-state index in [0.29, 0.717) is 49.1 Å². The SMILES string of the molecule is C=C(/C=C\C(=C)NC(=O)C(C)C)COc1cnc(N2CCN(C=O)CC2)nc1.COC(C)(C)C. The van der Waals surface area contributed by atoms with Gasteiger partial charge < -0.3 is 24.6 Å². The van der Waals surface area contributed by atoms with Gasteiger partial charge in [0, 0.05) is 44.9 Å². The van der Waals surface area contributed by atoms with Crippen LogP contribution in [0, 0.1) is 5.92 Å². The quantitative estimate of drug-likeness (QED) is 0.435. The van der Waals surface area contributed by atoms with E-state index in [9.17, 15) is 9.59 Å². The van der Waals surface area contributed by atoms with Gasteiger partial charge in [0.05, 0.1) is 18.0 Å². The number of methoxy groups -OCH3 is 1. The van der Waals surface area contributed by atoms with Crippen molar-refractivity contribution in [2.45, 2.75) is 40.2 Å². The summed E-state index contributed by atoms with van der Waals surface area (Å²) in [6.07, 6.45) is 7.53. The molecule has 0 aliphatic carbocycles. The molecule has 1 aliphatic rings. The molecule has 0 bridgehead atoms. The van der Waals surface area contributed by atoms with Crippen LogP contribution < -0.4 is 15.0 Å². The van der Waals surface area contributed by atoms with Gasteiger partial charge in [-0.05, 0) is 32.4 Å². The number of ether oxygens (including phenoxy) is 2. The first kappa shape index (κ1) is 28.8. The highest BCUT2D eigenvalue weighted by atomic mass is 16.5. The number of allylic oxidation sites excluding steroid dienone is 1. The minimum absolute atomic E-state index is 0.0417. The minimum Gasteiger partial charge on any atom is -0.486 e. The Hall–Kier alpha value is -3.20. The summed E-state index contributed by atoms with van der Waals surface area (Å²) < 4.78 is 10.6. The summed E-state index contributed by atoms with van der Waals surface area (Å²) >= 11 is 0. The summed E-state index contributed by atoms with van der Waals surface area (Å²) in [7, 11) is 1.71. The predicted octanol–water partition coefficient (Wildman–Crippen LogP) is 2.96. The number of piperazine rings is 1. The maximum atomic E-state index is 11.6. The Kier molecular flexibility index (Phi) is 12.0. The van der Waals surface area contributed by atoms with E-state index in [1.807, 2.05) is 39.5 Å². The van der Waals surface area contributed by atoms with Gasteiger partial charge in [-0.2, -0.15) is 0 Å². The molecule has 0 atom stereocenters. The lowest BCUT2D eigenvalue weighted by atomic mass is 10.2. The molecule has 1 saturated heterocycles. The van der Waals surface area contributed by atoms with Crippen molar-refractivity contribution in [1.82, 2.24) is 20.2 Å². The fourth-order valence-electron chi connectivity index (χ4n) is 2.36. The van der Waals surface area contributed by atoms with Gasteiger partial charge in [0.25, 0.3) is 0 Å². The molecule has 0 radical (unpaired) electrons. The lowest BCUT2D eigenvalue weighted by molar-refractivity contribution is -0.123. The Morgan fingerprint density at radius 3 is 2.18 bits per heavy atom. The van der Waals surface area contributed by atoms with Crippen LogP contribution in [0.15, 0.2) is 49.0 Å². The average molecular weight is 474 g/mol. The zero-order valence-corrected chi connectivity index (χ0v) is 21.3. The molecule has 0 unspecified atom stereocenters. The molecule has 9 nitrogen and oxygen atoms in total. The molecule has 1 fully saturated rings. The molecule has 2 heterocycles. The topological polar surface area (TPSA) is 96.9 Å². The highest BCUT2D eigenvalue weighted by Gasteiger charge is 2.17. The zero-order chi connectivity index (χ0) is 25.7. The number of amides is 2. The van der Waals surface area contributed by atoms with E-state index in [1.54, 1.807) is 36.6 Å². The number of nitrogens with one attached hydrogen (secondary N) is 1. The van der Waals surface area contributed by atoms with E-state index >= 15 is 0 Å². The molecule has 1 aliphatic heterocycles. The molecule has 1 aromatic heterocycles. The fraction of sp³-hybridized carbons (Fsp3) is 0.520. The number of hydrogen-bond acceptors (Lipinski definition) is 7. The van der Waals surface area contributed by atoms with Gasteiger partial charge in [0.15, 0.2) is 5.75 Å². The van der Waals surface area contributed by atoms with Crippen LogP contribution >= 0.6 is 0 Å². The third kappa shape index (κ3) is 11.6. The second kappa shape index (κ2) is 14.1. The normalized spacial score (nSPS) is 13.9. The summed E-state index contributed by atoms with van der Waals surface area (Å²) in [5.41, 5.74) is 1.26. The maximum Gasteiger partial charge on any atom is 0.226 e. The summed E-state index contributed by atoms with van der Waals surface area (Å²) in [6, 6.07) is 0. The van der Waals surface area contributed by atoms with E-state index < -0.39 is 0 Å². The molecule has 34 heavy (non-hydrogen) atoms. The minimum atomic E-state index is -0.103. The molecule has 188 valence electrons. The Labute approximate surface area is 203 Å². The van der Waals surface area contributed by atoms with Crippen molar-refractivity contribution < 1.29 is 19.1 Å². The van der Waals surface area contributed by atoms with Gasteiger partial charge in [-0.3, -0.25) is 9.59 Å². The third-order valence-electron chi connectivity index (χ3n) is 4.73. The summed E-state index contributed by atoms with van der Waals surface area (Å²) in [5.74, 6) is 0.973. The molecule has 2 amide bonds. The number of carbonyl (C=O) groups is 2. The Morgan fingerprint density at radius 2 is 1.71 bits per heavy atom. The molecule has 2 rings (SSSR count). The molecule has 0 spiro atoms. The number of aromatic nitrogens is 2. The van der Waals surface area contributed by atoms with Crippen molar-refractivity contribution in [2.75, 3.05) is 44.8 Å². The number of carbonyl (C=O) groups excluding carboxylic acids is 2. The summed E-state index contributed by atoms with van der Waals surface area (Å²) in [6.45, 7) is 20.4. The van der Waals surface area contributed by atoms with E-state index in [-0.39, 0.29) is 24.0 Å².